The predicted molar refractivity (Wildman–Crippen MR) is 319 cm³/mol. The summed E-state index contributed by atoms with van der Waals surface area (Å²) in [5, 5.41) is 23.2. The van der Waals surface area contributed by atoms with Crippen LogP contribution in [0.15, 0.2) is 36.5 Å². The van der Waals surface area contributed by atoms with Gasteiger partial charge in [0.25, 0.3) is 0 Å². The predicted octanol–water partition coefficient (Wildman–Crippen LogP) is 20.8. The second-order valence-electron chi connectivity index (χ2n) is 22.4. The standard InChI is InChI=1S/C67H127NO5/c1-3-5-7-9-11-13-15-17-19-29-32-35-39-43-47-51-55-59-65(70)64(63-69)68-66(71)60-56-52-48-44-40-36-33-30-27-25-23-21-20-22-24-26-28-31-34-38-42-46-50-54-58-62-73-67(72)61-57-53-49-45-41-37-18-16-14-12-10-8-6-4-2/h16,18,21,23,55,59,64-65,69-70H,3-15,17,19-20,22,24-54,56-58,60-63H2,1-2H3,(H,68,71)/b18-16-,23-21-,59-55+. The molecule has 1 amide bonds. The van der Waals surface area contributed by atoms with Gasteiger partial charge in [-0.25, -0.2) is 0 Å². The van der Waals surface area contributed by atoms with Gasteiger partial charge in [-0.3, -0.25) is 9.59 Å². The van der Waals surface area contributed by atoms with Gasteiger partial charge in [-0.1, -0.05) is 294 Å². The zero-order chi connectivity index (χ0) is 52.9. The minimum atomic E-state index is -0.847. The number of allylic oxidation sites excluding steroid dienone is 5. The Kier molecular flexibility index (Phi) is 61.0. The van der Waals surface area contributed by atoms with Crippen LogP contribution in [0.3, 0.4) is 0 Å². The van der Waals surface area contributed by atoms with Crippen LogP contribution in [-0.4, -0.2) is 47.4 Å². The molecule has 0 rings (SSSR count). The lowest BCUT2D eigenvalue weighted by Gasteiger charge is -2.20. The highest BCUT2D eigenvalue weighted by Crippen LogP contribution is 2.17. The third-order valence-electron chi connectivity index (χ3n) is 15.1. The Hall–Kier alpha value is -1.92. The highest BCUT2D eigenvalue weighted by atomic mass is 16.5. The van der Waals surface area contributed by atoms with Gasteiger partial charge < -0.3 is 20.3 Å². The fourth-order valence-corrected chi connectivity index (χ4v) is 10.1. The molecule has 0 saturated heterocycles. The van der Waals surface area contributed by atoms with E-state index >= 15 is 0 Å². The quantitative estimate of drug-likeness (QED) is 0.0320. The van der Waals surface area contributed by atoms with E-state index in [1.54, 1.807) is 6.08 Å². The zero-order valence-electron chi connectivity index (χ0n) is 49.1. The fraction of sp³-hybridized carbons (Fsp3) is 0.881. The number of carbonyl (C=O) groups excluding carboxylic acids is 2. The summed E-state index contributed by atoms with van der Waals surface area (Å²) < 4.78 is 5.48. The number of unbranched alkanes of at least 4 members (excludes halogenated alkanes) is 46. The lowest BCUT2D eigenvalue weighted by Crippen LogP contribution is -2.45. The van der Waals surface area contributed by atoms with Crippen molar-refractivity contribution in [2.75, 3.05) is 13.2 Å². The minimum Gasteiger partial charge on any atom is -0.466 e. The van der Waals surface area contributed by atoms with Gasteiger partial charge in [0.1, 0.15) is 0 Å². The number of aliphatic hydroxyl groups is 2. The normalized spacial score (nSPS) is 12.8. The molecule has 430 valence electrons. The van der Waals surface area contributed by atoms with Crippen molar-refractivity contribution in [2.45, 2.75) is 366 Å². The van der Waals surface area contributed by atoms with Crippen LogP contribution in [0.2, 0.25) is 0 Å². The molecule has 0 aliphatic carbocycles. The largest absolute Gasteiger partial charge is 0.466 e. The number of aliphatic hydroxyl groups excluding tert-OH is 2. The molecule has 0 aromatic rings. The van der Waals surface area contributed by atoms with E-state index in [-0.39, 0.29) is 18.5 Å². The number of rotatable bonds is 61. The maximum atomic E-state index is 12.5. The van der Waals surface area contributed by atoms with Gasteiger partial charge in [-0.05, 0) is 83.5 Å². The molecule has 0 aromatic carbocycles. The first-order valence-corrected chi connectivity index (χ1v) is 32.8. The van der Waals surface area contributed by atoms with Crippen molar-refractivity contribution in [1.29, 1.82) is 0 Å². The Morgan fingerprint density at radius 3 is 0.973 bits per heavy atom. The number of carbonyl (C=O) groups is 2. The monoisotopic (exact) mass is 1030 g/mol. The molecule has 0 heterocycles. The molecule has 0 aromatic heterocycles. The second kappa shape index (κ2) is 62.6. The van der Waals surface area contributed by atoms with E-state index in [0.29, 0.717) is 19.4 Å². The maximum Gasteiger partial charge on any atom is 0.305 e. The van der Waals surface area contributed by atoms with Gasteiger partial charge in [0.2, 0.25) is 5.91 Å². The van der Waals surface area contributed by atoms with Crippen molar-refractivity contribution in [3.05, 3.63) is 36.5 Å². The highest BCUT2D eigenvalue weighted by Gasteiger charge is 2.18. The number of esters is 1. The van der Waals surface area contributed by atoms with Gasteiger partial charge in [-0.15, -0.1) is 0 Å². The first-order valence-electron chi connectivity index (χ1n) is 32.8. The molecule has 2 atom stereocenters. The van der Waals surface area contributed by atoms with Crippen molar-refractivity contribution < 1.29 is 24.5 Å². The summed E-state index contributed by atoms with van der Waals surface area (Å²) in [6.07, 6.45) is 79.1. The molecule has 0 saturated carbocycles. The van der Waals surface area contributed by atoms with Crippen molar-refractivity contribution in [3.8, 4) is 0 Å². The molecule has 2 unspecified atom stereocenters. The van der Waals surface area contributed by atoms with Crippen LogP contribution < -0.4 is 5.32 Å². The molecule has 6 nitrogen and oxygen atoms in total. The lowest BCUT2D eigenvalue weighted by molar-refractivity contribution is -0.143. The number of hydrogen-bond acceptors (Lipinski definition) is 5. The minimum absolute atomic E-state index is 0.00461. The molecule has 0 aliphatic heterocycles. The summed E-state index contributed by atoms with van der Waals surface area (Å²) in [5.74, 6) is -0.0644. The van der Waals surface area contributed by atoms with Gasteiger partial charge in [-0.2, -0.15) is 0 Å². The number of ether oxygens (including phenoxy) is 1. The Morgan fingerprint density at radius 1 is 0.370 bits per heavy atom. The van der Waals surface area contributed by atoms with E-state index in [9.17, 15) is 19.8 Å². The van der Waals surface area contributed by atoms with E-state index in [1.807, 2.05) is 6.08 Å². The summed E-state index contributed by atoms with van der Waals surface area (Å²) >= 11 is 0. The number of nitrogens with one attached hydrogen (secondary N) is 1. The van der Waals surface area contributed by atoms with Crippen LogP contribution in [0, 0.1) is 0 Å². The number of amides is 1. The molecule has 6 heteroatoms. The molecule has 73 heavy (non-hydrogen) atoms. The summed E-state index contributed by atoms with van der Waals surface area (Å²) in [4.78, 5) is 24.5. The molecule has 0 fully saturated rings. The molecular formula is C67H127NO5. The average Bonchev–Trinajstić information content (AvgIpc) is 3.39. The van der Waals surface area contributed by atoms with E-state index in [4.69, 9.17) is 4.74 Å². The van der Waals surface area contributed by atoms with Gasteiger partial charge in [0.15, 0.2) is 0 Å². The highest BCUT2D eigenvalue weighted by molar-refractivity contribution is 5.76. The molecule has 0 radical (unpaired) electrons. The fourth-order valence-electron chi connectivity index (χ4n) is 10.1. The van der Waals surface area contributed by atoms with Crippen molar-refractivity contribution in [2.24, 2.45) is 0 Å². The summed E-state index contributed by atoms with van der Waals surface area (Å²) in [6.45, 7) is 4.91. The topological polar surface area (TPSA) is 95.9 Å². The number of hydrogen-bond donors (Lipinski definition) is 3. The summed E-state index contributed by atoms with van der Waals surface area (Å²) in [5.41, 5.74) is 0. The van der Waals surface area contributed by atoms with Gasteiger partial charge >= 0.3 is 5.97 Å². The second-order valence-corrected chi connectivity index (χ2v) is 22.4. The Labute approximate surface area is 455 Å². The zero-order valence-corrected chi connectivity index (χ0v) is 49.1. The maximum absolute atomic E-state index is 12.5. The van der Waals surface area contributed by atoms with E-state index in [2.05, 4.69) is 43.5 Å². The van der Waals surface area contributed by atoms with E-state index < -0.39 is 12.1 Å². The molecular weight excluding hydrogens is 899 g/mol. The van der Waals surface area contributed by atoms with E-state index in [0.717, 1.165) is 44.9 Å². The third kappa shape index (κ3) is 59.2. The summed E-state index contributed by atoms with van der Waals surface area (Å²) in [7, 11) is 0. The first kappa shape index (κ1) is 71.1. The van der Waals surface area contributed by atoms with Crippen LogP contribution in [0.1, 0.15) is 354 Å². The SMILES string of the molecule is CCCCCCC/C=C\CCCCCCCC(=O)OCCCCCCCCCCCCCC/C=C\CCCCCCCCCCCC(=O)NC(CO)C(O)/C=C/CCCCCCCCCCCCCCCCC. The lowest BCUT2D eigenvalue weighted by atomic mass is 10.0. The molecule has 3 N–H and O–H groups in total. The van der Waals surface area contributed by atoms with Gasteiger partial charge in [0, 0.05) is 12.8 Å². The molecule has 0 aliphatic rings. The summed E-state index contributed by atoms with van der Waals surface area (Å²) in [6, 6.07) is -0.631. The smallest absolute Gasteiger partial charge is 0.305 e. The van der Waals surface area contributed by atoms with Gasteiger partial charge in [0.05, 0.1) is 25.4 Å². The van der Waals surface area contributed by atoms with Crippen LogP contribution >= 0.6 is 0 Å². The Morgan fingerprint density at radius 2 is 0.644 bits per heavy atom. The molecule has 0 spiro atoms. The van der Waals surface area contributed by atoms with Crippen molar-refractivity contribution in [3.63, 3.8) is 0 Å². The van der Waals surface area contributed by atoms with Crippen molar-refractivity contribution in [1.82, 2.24) is 5.32 Å². The van der Waals surface area contributed by atoms with Crippen molar-refractivity contribution >= 4 is 11.9 Å². The van der Waals surface area contributed by atoms with Crippen LogP contribution in [0.4, 0.5) is 0 Å². The van der Waals surface area contributed by atoms with Crippen LogP contribution in [-0.2, 0) is 14.3 Å². The van der Waals surface area contributed by atoms with E-state index in [1.165, 1.54) is 283 Å². The Balaban J connectivity index is 3.42. The van der Waals surface area contributed by atoms with Crippen LogP contribution in [0.5, 0.6) is 0 Å². The average molecular weight is 1030 g/mol. The Bertz CT molecular complexity index is 1180. The molecule has 0 bridgehead atoms. The first-order chi connectivity index (χ1) is 36.0. The van der Waals surface area contributed by atoms with Crippen LogP contribution in [0.25, 0.3) is 0 Å². The third-order valence-corrected chi connectivity index (χ3v) is 15.1.